The molecule has 16 heavy (non-hydrogen) atoms. The van der Waals surface area contributed by atoms with Crippen molar-refractivity contribution in [3.63, 3.8) is 0 Å². The lowest BCUT2D eigenvalue weighted by molar-refractivity contribution is 0.462. The third kappa shape index (κ3) is 2.73. The Morgan fingerprint density at radius 3 is 2.75 bits per heavy atom. The Balaban J connectivity index is 2.08. The molecule has 0 bridgehead atoms. The summed E-state index contributed by atoms with van der Waals surface area (Å²) in [5.41, 5.74) is 1.59. The quantitative estimate of drug-likeness (QED) is 0.825. The Kier molecular flexibility index (Phi) is 3.40. The van der Waals surface area contributed by atoms with Crippen LogP contribution >= 0.6 is 0 Å². The number of aryl methyl sites for hydroxylation is 1. The smallest absolute Gasteiger partial charge is 0.127 e. The lowest BCUT2D eigenvalue weighted by Gasteiger charge is -2.23. The minimum atomic E-state index is 0.537. The highest BCUT2D eigenvalue weighted by Gasteiger charge is 2.13. The van der Waals surface area contributed by atoms with E-state index in [-0.39, 0.29) is 0 Å². The average Bonchev–Trinajstić information content (AvgIpc) is 2.29. The molecule has 0 spiro atoms. The maximum Gasteiger partial charge on any atom is 0.127 e. The summed E-state index contributed by atoms with van der Waals surface area (Å²) in [7, 11) is 0. The van der Waals surface area contributed by atoms with Gasteiger partial charge in [-0.05, 0) is 31.9 Å². The second kappa shape index (κ2) is 4.98. The van der Waals surface area contributed by atoms with Crippen LogP contribution in [0.3, 0.4) is 0 Å². The van der Waals surface area contributed by atoms with E-state index >= 15 is 0 Å². The van der Waals surface area contributed by atoms with Gasteiger partial charge in [-0.1, -0.05) is 19.3 Å². The summed E-state index contributed by atoms with van der Waals surface area (Å²) in [5, 5.41) is 12.3. The molecule has 0 aliphatic heterocycles. The zero-order valence-corrected chi connectivity index (χ0v) is 9.66. The molecule has 2 rings (SSSR count). The van der Waals surface area contributed by atoms with Crippen molar-refractivity contribution >= 4 is 5.82 Å². The van der Waals surface area contributed by atoms with E-state index in [1.54, 1.807) is 0 Å². The van der Waals surface area contributed by atoms with Crippen LogP contribution in [0.25, 0.3) is 0 Å². The minimum Gasteiger partial charge on any atom is -0.367 e. The SMILES string of the molecule is Cc1cc(C#N)cc(NC2CCCCC2)n1. The first-order valence-electron chi connectivity index (χ1n) is 5.93. The molecule has 1 aliphatic rings. The molecule has 0 unspecified atom stereocenters. The average molecular weight is 215 g/mol. The van der Waals surface area contributed by atoms with E-state index in [9.17, 15) is 0 Å². The number of anilines is 1. The standard InChI is InChI=1S/C13H17N3/c1-10-7-11(9-14)8-13(15-10)16-12-5-3-2-4-6-12/h7-8,12H,2-6H2,1H3,(H,15,16). The van der Waals surface area contributed by atoms with Crippen molar-refractivity contribution in [2.75, 3.05) is 5.32 Å². The molecular formula is C13H17N3. The van der Waals surface area contributed by atoms with Crippen molar-refractivity contribution in [2.45, 2.75) is 45.1 Å². The van der Waals surface area contributed by atoms with E-state index in [1.165, 1.54) is 32.1 Å². The van der Waals surface area contributed by atoms with Crippen molar-refractivity contribution in [3.8, 4) is 6.07 Å². The maximum absolute atomic E-state index is 8.89. The highest BCUT2D eigenvalue weighted by Crippen LogP contribution is 2.21. The number of hydrogen-bond acceptors (Lipinski definition) is 3. The molecule has 1 fully saturated rings. The normalized spacial score (nSPS) is 16.8. The van der Waals surface area contributed by atoms with Crippen LogP contribution in [0.2, 0.25) is 0 Å². The highest BCUT2D eigenvalue weighted by atomic mass is 15.0. The number of nitrogens with zero attached hydrogens (tertiary/aromatic N) is 2. The fourth-order valence-electron chi connectivity index (χ4n) is 2.26. The molecule has 0 saturated heterocycles. The summed E-state index contributed by atoms with van der Waals surface area (Å²) in [4.78, 5) is 4.41. The van der Waals surface area contributed by atoms with Crippen molar-refractivity contribution in [1.82, 2.24) is 4.98 Å². The third-order valence-electron chi connectivity index (χ3n) is 3.04. The van der Waals surface area contributed by atoms with Gasteiger partial charge in [-0.3, -0.25) is 0 Å². The first-order valence-corrected chi connectivity index (χ1v) is 5.93. The van der Waals surface area contributed by atoms with Gasteiger partial charge < -0.3 is 5.32 Å². The zero-order chi connectivity index (χ0) is 11.4. The monoisotopic (exact) mass is 215 g/mol. The van der Waals surface area contributed by atoms with Crippen molar-refractivity contribution in [1.29, 1.82) is 5.26 Å². The van der Waals surface area contributed by atoms with Gasteiger partial charge >= 0.3 is 0 Å². The molecule has 0 atom stereocenters. The topological polar surface area (TPSA) is 48.7 Å². The first kappa shape index (κ1) is 10.9. The number of rotatable bonds is 2. The van der Waals surface area contributed by atoms with Crippen molar-refractivity contribution in [2.24, 2.45) is 0 Å². The molecule has 1 saturated carbocycles. The first-order chi connectivity index (χ1) is 7.78. The van der Waals surface area contributed by atoms with E-state index in [0.29, 0.717) is 11.6 Å². The zero-order valence-electron chi connectivity index (χ0n) is 9.66. The highest BCUT2D eigenvalue weighted by molar-refractivity contribution is 5.44. The summed E-state index contributed by atoms with van der Waals surface area (Å²) in [6.07, 6.45) is 6.39. The van der Waals surface area contributed by atoms with Crippen LogP contribution in [-0.4, -0.2) is 11.0 Å². The van der Waals surface area contributed by atoms with Gasteiger partial charge in [-0.2, -0.15) is 5.26 Å². The second-order valence-corrected chi connectivity index (χ2v) is 4.47. The summed E-state index contributed by atoms with van der Waals surface area (Å²) in [5.74, 6) is 0.850. The molecule has 0 aromatic carbocycles. The fourth-order valence-corrected chi connectivity index (χ4v) is 2.26. The lowest BCUT2D eigenvalue weighted by Crippen LogP contribution is -2.22. The number of pyridine rings is 1. The van der Waals surface area contributed by atoms with Crippen LogP contribution in [0.5, 0.6) is 0 Å². The molecule has 1 N–H and O–H groups in total. The molecular weight excluding hydrogens is 198 g/mol. The van der Waals surface area contributed by atoms with E-state index < -0.39 is 0 Å². The van der Waals surface area contributed by atoms with E-state index in [0.717, 1.165) is 11.5 Å². The molecule has 1 aliphatic carbocycles. The van der Waals surface area contributed by atoms with Crippen LogP contribution in [0, 0.1) is 18.3 Å². The van der Waals surface area contributed by atoms with Gasteiger partial charge in [0, 0.05) is 11.7 Å². The van der Waals surface area contributed by atoms with Gasteiger partial charge in [0.1, 0.15) is 5.82 Å². The Morgan fingerprint density at radius 2 is 2.06 bits per heavy atom. The number of nitrogens with one attached hydrogen (secondary N) is 1. The number of nitriles is 1. The van der Waals surface area contributed by atoms with Crippen LogP contribution in [0.1, 0.15) is 43.4 Å². The van der Waals surface area contributed by atoms with Gasteiger partial charge in [0.25, 0.3) is 0 Å². The van der Waals surface area contributed by atoms with Gasteiger partial charge in [-0.25, -0.2) is 4.98 Å². The van der Waals surface area contributed by atoms with Crippen LogP contribution in [0.4, 0.5) is 5.82 Å². The molecule has 3 heteroatoms. The summed E-state index contributed by atoms with van der Waals surface area (Å²) in [6.45, 7) is 1.92. The second-order valence-electron chi connectivity index (χ2n) is 4.47. The van der Waals surface area contributed by atoms with Gasteiger partial charge in [0.15, 0.2) is 0 Å². The molecule has 3 nitrogen and oxygen atoms in total. The Morgan fingerprint density at radius 1 is 1.31 bits per heavy atom. The lowest BCUT2D eigenvalue weighted by atomic mass is 9.95. The van der Waals surface area contributed by atoms with Crippen molar-refractivity contribution in [3.05, 3.63) is 23.4 Å². The van der Waals surface area contributed by atoms with Gasteiger partial charge in [0.2, 0.25) is 0 Å². The van der Waals surface area contributed by atoms with E-state index in [2.05, 4.69) is 16.4 Å². The number of hydrogen-bond donors (Lipinski definition) is 1. The summed E-state index contributed by atoms with van der Waals surface area (Å²) in [6, 6.07) is 6.35. The Bertz CT molecular complexity index is 400. The summed E-state index contributed by atoms with van der Waals surface area (Å²) < 4.78 is 0. The van der Waals surface area contributed by atoms with E-state index in [1.807, 2.05) is 19.1 Å². The van der Waals surface area contributed by atoms with Crippen LogP contribution in [-0.2, 0) is 0 Å². The molecule has 0 radical (unpaired) electrons. The molecule has 1 aromatic heterocycles. The molecule has 84 valence electrons. The minimum absolute atomic E-state index is 0.537. The molecule has 1 heterocycles. The van der Waals surface area contributed by atoms with E-state index in [4.69, 9.17) is 5.26 Å². The van der Waals surface area contributed by atoms with Crippen LogP contribution < -0.4 is 5.32 Å². The summed E-state index contributed by atoms with van der Waals surface area (Å²) >= 11 is 0. The van der Waals surface area contributed by atoms with Gasteiger partial charge in [0.05, 0.1) is 11.6 Å². The van der Waals surface area contributed by atoms with Gasteiger partial charge in [-0.15, -0.1) is 0 Å². The Hall–Kier alpha value is -1.56. The number of aromatic nitrogens is 1. The maximum atomic E-state index is 8.89. The van der Waals surface area contributed by atoms with Crippen molar-refractivity contribution < 1.29 is 0 Å². The predicted octanol–water partition coefficient (Wildman–Crippen LogP) is 3.01. The molecule has 0 amide bonds. The fraction of sp³-hybridized carbons (Fsp3) is 0.538. The largest absolute Gasteiger partial charge is 0.367 e. The van der Waals surface area contributed by atoms with Crippen LogP contribution in [0.15, 0.2) is 12.1 Å². The predicted molar refractivity (Wildman–Crippen MR) is 64.2 cm³/mol. The third-order valence-corrected chi connectivity index (χ3v) is 3.04. The molecule has 1 aromatic rings. The Labute approximate surface area is 96.5 Å².